The number of halogens is 5. The molecule has 3 aromatic heterocycles. The van der Waals surface area contributed by atoms with Crippen molar-refractivity contribution < 1.29 is 26.8 Å². The van der Waals surface area contributed by atoms with Gasteiger partial charge >= 0.3 is 0 Å². The number of carbonyl (C=O) groups excluding carboxylic acids is 1. The third-order valence-electron chi connectivity index (χ3n) is 5.18. The number of nitrogens with zero attached hydrogens (tertiary/aromatic N) is 4. The van der Waals surface area contributed by atoms with Crippen molar-refractivity contribution in [3.05, 3.63) is 87.3 Å². The van der Waals surface area contributed by atoms with Crippen molar-refractivity contribution in [3.63, 3.8) is 0 Å². The molecule has 0 aliphatic rings. The van der Waals surface area contributed by atoms with Gasteiger partial charge in [0.05, 0.1) is 23.8 Å². The number of rotatable bonds is 8. The van der Waals surface area contributed by atoms with Crippen LogP contribution in [0.4, 0.5) is 23.2 Å². The standard InChI is InChI=1S/C23H20ClF4N5O2/c1-12-8-13(2)32(30-12)10-14-4-3-5-15(9-14)29-23(34)17-7-6-16(35-17)11-33-20(22(27)28)18(24)19(31-33)21(25)26/h3-9,21-22H,10-11H2,1-2H3,(H,29,34). The second-order valence-electron chi connectivity index (χ2n) is 7.85. The number of alkyl halides is 4. The number of amides is 1. The molecule has 0 unspecified atom stereocenters. The Hall–Kier alpha value is -3.60. The number of anilines is 1. The molecule has 0 aliphatic heterocycles. The molecule has 7 nitrogen and oxygen atoms in total. The molecule has 0 saturated heterocycles. The lowest BCUT2D eigenvalue weighted by atomic mass is 10.2. The van der Waals surface area contributed by atoms with Crippen molar-refractivity contribution >= 4 is 23.2 Å². The monoisotopic (exact) mass is 509 g/mol. The van der Waals surface area contributed by atoms with Crippen LogP contribution in [0.15, 0.2) is 46.9 Å². The summed E-state index contributed by atoms with van der Waals surface area (Å²) in [5.74, 6) is -0.592. The number of benzene rings is 1. The van der Waals surface area contributed by atoms with Gasteiger partial charge in [-0.15, -0.1) is 0 Å². The molecule has 0 spiro atoms. The second-order valence-corrected chi connectivity index (χ2v) is 8.23. The van der Waals surface area contributed by atoms with Gasteiger partial charge in [0.2, 0.25) is 0 Å². The number of carbonyl (C=O) groups is 1. The minimum absolute atomic E-state index is 0.0651. The maximum absolute atomic E-state index is 13.3. The Labute approximate surface area is 202 Å². The van der Waals surface area contributed by atoms with E-state index < -0.39 is 41.7 Å². The first kappa shape index (κ1) is 24.5. The van der Waals surface area contributed by atoms with Crippen LogP contribution in [-0.2, 0) is 13.1 Å². The van der Waals surface area contributed by atoms with E-state index in [0.717, 1.165) is 17.0 Å². The van der Waals surface area contributed by atoms with Crippen LogP contribution in [0, 0.1) is 13.8 Å². The molecule has 1 aromatic carbocycles. The summed E-state index contributed by atoms with van der Waals surface area (Å²) in [4.78, 5) is 12.6. The molecule has 1 amide bonds. The molecule has 0 fully saturated rings. The largest absolute Gasteiger partial charge is 0.454 e. The minimum Gasteiger partial charge on any atom is -0.454 e. The van der Waals surface area contributed by atoms with Crippen LogP contribution < -0.4 is 5.32 Å². The van der Waals surface area contributed by atoms with Crippen LogP contribution in [0.25, 0.3) is 0 Å². The normalized spacial score (nSPS) is 11.6. The average molecular weight is 510 g/mol. The number of nitrogens with one attached hydrogen (secondary N) is 1. The highest BCUT2D eigenvalue weighted by atomic mass is 35.5. The van der Waals surface area contributed by atoms with Crippen LogP contribution in [-0.4, -0.2) is 25.5 Å². The van der Waals surface area contributed by atoms with Crippen LogP contribution >= 0.6 is 11.6 Å². The molecule has 184 valence electrons. The quantitative estimate of drug-likeness (QED) is 0.288. The minimum atomic E-state index is -3.12. The summed E-state index contributed by atoms with van der Waals surface area (Å²) in [6.45, 7) is 3.98. The summed E-state index contributed by atoms with van der Waals surface area (Å²) in [7, 11) is 0. The summed E-state index contributed by atoms with van der Waals surface area (Å²) in [5.41, 5.74) is 1.57. The Balaban J connectivity index is 1.47. The molecule has 0 aliphatic carbocycles. The van der Waals surface area contributed by atoms with Crippen LogP contribution in [0.5, 0.6) is 0 Å². The highest BCUT2D eigenvalue weighted by Crippen LogP contribution is 2.35. The van der Waals surface area contributed by atoms with E-state index in [2.05, 4.69) is 15.5 Å². The maximum Gasteiger partial charge on any atom is 0.291 e. The van der Waals surface area contributed by atoms with E-state index in [1.165, 1.54) is 12.1 Å². The highest BCUT2D eigenvalue weighted by molar-refractivity contribution is 6.32. The van der Waals surface area contributed by atoms with E-state index in [-0.39, 0.29) is 11.5 Å². The molecule has 12 heteroatoms. The van der Waals surface area contributed by atoms with Gasteiger partial charge in [-0.2, -0.15) is 10.2 Å². The average Bonchev–Trinajstić information content (AvgIpc) is 3.46. The van der Waals surface area contributed by atoms with E-state index in [4.69, 9.17) is 16.0 Å². The summed E-state index contributed by atoms with van der Waals surface area (Å²) >= 11 is 5.66. The summed E-state index contributed by atoms with van der Waals surface area (Å²) in [6.07, 6.45) is -6.24. The third kappa shape index (κ3) is 5.40. The van der Waals surface area contributed by atoms with E-state index in [0.29, 0.717) is 16.9 Å². The van der Waals surface area contributed by atoms with Gasteiger partial charge in [-0.1, -0.05) is 23.7 Å². The first-order valence-corrected chi connectivity index (χ1v) is 10.8. The van der Waals surface area contributed by atoms with Crippen molar-refractivity contribution in [2.75, 3.05) is 5.32 Å². The fourth-order valence-corrected chi connectivity index (χ4v) is 3.92. The first-order chi connectivity index (χ1) is 16.6. The molecule has 0 bridgehead atoms. The van der Waals surface area contributed by atoms with E-state index in [1.807, 2.05) is 30.7 Å². The Bertz CT molecular complexity index is 1360. The molecule has 0 radical (unpaired) electrons. The number of aryl methyl sites for hydroxylation is 2. The van der Waals surface area contributed by atoms with Gasteiger partial charge in [0.15, 0.2) is 5.76 Å². The SMILES string of the molecule is Cc1cc(C)n(Cc2cccc(NC(=O)c3ccc(Cn4nc(C(F)F)c(Cl)c4C(F)F)o3)c2)n1. The molecule has 3 heterocycles. The lowest BCUT2D eigenvalue weighted by molar-refractivity contribution is 0.0994. The van der Waals surface area contributed by atoms with Gasteiger partial charge in [0.1, 0.15) is 17.1 Å². The van der Waals surface area contributed by atoms with Gasteiger partial charge in [-0.25, -0.2) is 17.6 Å². The van der Waals surface area contributed by atoms with Crippen molar-refractivity contribution in [2.45, 2.75) is 39.8 Å². The predicted octanol–water partition coefficient (Wildman–Crippen LogP) is 6.17. The molecule has 4 aromatic rings. The van der Waals surface area contributed by atoms with Crippen molar-refractivity contribution in [3.8, 4) is 0 Å². The molecule has 0 atom stereocenters. The molecular weight excluding hydrogens is 490 g/mol. The van der Waals surface area contributed by atoms with E-state index in [9.17, 15) is 22.4 Å². The number of hydrogen-bond donors (Lipinski definition) is 1. The predicted molar refractivity (Wildman–Crippen MR) is 120 cm³/mol. The van der Waals surface area contributed by atoms with Gasteiger partial charge in [-0.05, 0) is 49.7 Å². The van der Waals surface area contributed by atoms with Crippen molar-refractivity contribution in [2.24, 2.45) is 0 Å². The fourth-order valence-electron chi connectivity index (χ4n) is 3.62. The Morgan fingerprint density at radius 2 is 1.80 bits per heavy atom. The molecule has 1 N–H and O–H groups in total. The molecule has 35 heavy (non-hydrogen) atoms. The van der Waals surface area contributed by atoms with Gasteiger partial charge < -0.3 is 9.73 Å². The zero-order valence-corrected chi connectivity index (χ0v) is 19.4. The van der Waals surface area contributed by atoms with Gasteiger partial charge in [0, 0.05) is 11.4 Å². The number of aromatic nitrogens is 4. The molecule has 0 saturated carbocycles. The number of hydrogen-bond acceptors (Lipinski definition) is 4. The molecular formula is C23H20ClF4N5O2. The zero-order valence-electron chi connectivity index (χ0n) is 18.6. The van der Waals surface area contributed by atoms with Crippen LogP contribution in [0.1, 0.15) is 57.5 Å². The Morgan fingerprint density at radius 1 is 1.03 bits per heavy atom. The highest BCUT2D eigenvalue weighted by Gasteiger charge is 2.28. The lowest BCUT2D eigenvalue weighted by Gasteiger charge is -2.08. The van der Waals surface area contributed by atoms with E-state index in [1.54, 1.807) is 18.2 Å². The Morgan fingerprint density at radius 3 is 2.46 bits per heavy atom. The van der Waals surface area contributed by atoms with Crippen molar-refractivity contribution in [1.29, 1.82) is 0 Å². The summed E-state index contributed by atoms with van der Waals surface area (Å²) in [6, 6.07) is 11.9. The van der Waals surface area contributed by atoms with Crippen molar-refractivity contribution in [1.82, 2.24) is 19.6 Å². The van der Waals surface area contributed by atoms with Crippen LogP contribution in [0.2, 0.25) is 5.02 Å². The maximum atomic E-state index is 13.3. The first-order valence-electron chi connectivity index (χ1n) is 10.4. The second kappa shape index (κ2) is 9.95. The van der Waals surface area contributed by atoms with Gasteiger partial charge in [0.25, 0.3) is 18.8 Å². The Kier molecular flexibility index (Phi) is 6.97. The smallest absolute Gasteiger partial charge is 0.291 e. The van der Waals surface area contributed by atoms with E-state index >= 15 is 0 Å². The topological polar surface area (TPSA) is 77.9 Å². The summed E-state index contributed by atoms with van der Waals surface area (Å²) in [5, 5.41) is 9.83. The zero-order chi connectivity index (χ0) is 25.3. The lowest BCUT2D eigenvalue weighted by Crippen LogP contribution is -2.12. The number of furan rings is 1. The van der Waals surface area contributed by atoms with Crippen LogP contribution in [0.3, 0.4) is 0 Å². The third-order valence-corrected chi connectivity index (χ3v) is 5.57. The summed E-state index contributed by atoms with van der Waals surface area (Å²) < 4.78 is 60.7. The fraction of sp³-hybridized carbons (Fsp3) is 0.261. The van der Waals surface area contributed by atoms with Gasteiger partial charge in [-0.3, -0.25) is 14.2 Å². The molecule has 4 rings (SSSR count).